The van der Waals surface area contributed by atoms with Crippen LogP contribution >= 0.6 is 0 Å². The minimum absolute atomic E-state index is 0.0665. The molecule has 5 heteroatoms. The number of carbonyl (C=O) groups excluding carboxylic acids is 2. The van der Waals surface area contributed by atoms with Crippen molar-refractivity contribution in [3.05, 3.63) is 65.7 Å². The smallest absolute Gasteiger partial charge is 0.250 e. The standard InChI is InChI=1S/C17H19N3O2/c1-20(12-13-7-3-2-4-8-13)16(21)11-19-15-10-6-5-9-14(15)17(18)22/h2-10,19H,11-12H2,1H3,(H2,18,22). The summed E-state index contributed by atoms with van der Waals surface area (Å²) < 4.78 is 0. The van der Waals surface area contributed by atoms with Gasteiger partial charge in [0.1, 0.15) is 0 Å². The van der Waals surface area contributed by atoms with Crippen LogP contribution in [0.1, 0.15) is 15.9 Å². The van der Waals surface area contributed by atoms with Crippen LogP contribution in [0.25, 0.3) is 0 Å². The number of benzene rings is 2. The molecule has 0 saturated carbocycles. The molecule has 0 fully saturated rings. The van der Waals surface area contributed by atoms with E-state index < -0.39 is 5.91 Å². The van der Waals surface area contributed by atoms with Gasteiger partial charge in [-0.25, -0.2) is 0 Å². The van der Waals surface area contributed by atoms with Gasteiger partial charge in [-0.15, -0.1) is 0 Å². The first-order chi connectivity index (χ1) is 10.6. The van der Waals surface area contributed by atoms with Crippen LogP contribution in [0.3, 0.4) is 0 Å². The van der Waals surface area contributed by atoms with Crippen LogP contribution in [0.15, 0.2) is 54.6 Å². The van der Waals surface area contributed by atoms with Gasteiger partial charge < -0.3 is 16.0 Å². The van der Waals surface area contributed by atoms with Gasteiger partial charge in [0.2, 0.25) is 5.91 Å². The zero-order valence-electron chi connectivity index (χ0n) is 12.5. The zero-order chi connectivity index (χ0) is 15.9. The molecule has 0 saturated heterocycles. The number of hydrogen-bond acceptors (Lipinski definition) is 3. The van der Waals surface area contributed by atoms with E-state index in [4.69, 9.17) is 5.73 Å². The molecule has 5 nitrogen and oxygen atoms in total. The van der Waals surface area contributed by atoms with Gasteiger partial charge in [-0.1, -0.05) is 42.5 Å². The second-order valence-electron chi connectivity index (χ2n) is 5.00. The van der Waals surface area contributed by atoms with E-state index in [0.717, 1.165) is 5.56 Å². The van der Waals surface area contributed by atoms with Crippen molar-refractivity contribution >= 4 is 17.5 Å². The summed E-state index contributed by atoms with van der Waals surface area (Å²) in [5.41, 5.74) is 7.32. The van der Waals surface area contributed by atoms with Crippen molar-refractivity contribution in [1.82, 2.24) is 4.90 Å². The van der Waals surface area contributed by atoms with Crippen LogP contribution in [0.2, 0.25) is 0 Å². The highest BCUT2D eigenvalue weighted by Gasteiger charge is 2.11. The van der Waals surface area contributed by atoms with E-state index in [1.807, 2.05) is 30.3 Å². The number of nitrogens with two attached hydrogens (primary N) is 1. The van der Waals surface area contributed by atoms with E-state index >= 15 is 0 Å². The lowest BCUT2D eigenvalue weighted by Gasteiger charge is -2.18. The number of carbonyl (C=O) groups is 2. The third kappa shape index (κ3) is 4.09. The van der Waals surface area contributed by atoms with Gasteiger partial charge in [0.15, 0.2) is 0 Å². The highest BCUT2D eigenvalue weighted by Crippen LogP contribution is 2.14. The number of para-hydroxylation sites is 1. The Labute approximate surface area is 129 Å². The molecule has 22 heavy (non-hydrogen) atoms. The van der Waals surface area contributed by atoms with Crippen molar-refractivity contribution in [2.75, 3.05) is 18.9 Å². The molecule has 2 aromatic carbocycles. The molecule has 0 spiro atoms. The van der Waals surface area contributed by atoms with Crippen LogP contribution in [-0.2, 0) is 11.3 Å². The monoisotopic (exact) mass is 297 g/mol. The van der Waals surface area contributed by atoms with Gasteiger partial charge in [-0.05, 0) is 17.7 Å². The minimum atomic E-state index is -0.520. The van der Waals surface area contributed by atoms with Gasteiger partial charge in [-0.2, -0.15) is 0 Å². The summed E-state index contributed by atoms with van der Waals surface area (Å²) >= 11 is 0. The number of rotatable bonds is 6. The third-order valence-corrected chi connectivity index (χ3v) is 3.31. The Morgan fingerprint density at radius 2 is 1.68 bits per heavy atom. The van der Waals surface area contributed by atoms with E-state index in [9.17, 15) is 9.59 Å². The fourth-order valence-electron chi connectivity index (χ4n) is 2.10. The van der Waals surface area contributed by atoms with Crippen LogP contribution in [0.5, 0.6) is 0 Å². The van der Waals surface area contributed by atoms with Gasteiger partial charge in [0.05, 0.1) is 12.1 Å². The number of amides is 2. The summed E-state index contributed by atoms with van der Waals surface area (Å²) in [4.78, 5) is 25.1. The van der Waals surface area contributed by atoms with E-state index in [-0.39, 0.29) is 12.5 Å². The first kappa shape index (κ1) is 15.6. The maximum atomic E-state index is 12.1. The minimum Gasteiger partial charge on any atom is -0.376 e. The van der Waals surface area contributed by atoms with Crippen LogP contribution in [0, 0.1) is 0 Å². The zero-order valence-corrected chi connectivity index (χ0v) is 12.5. The Kier molecular flexibility index (Phi) is 5.14. The molecule has 0 atom stereocenters. The third-order valence-electron chi connectivity index (χ3n) is 3.31. The first-order valence-corrected chi connectivity index (χ1v) is 6.98. The van der Waals surface area contributed by atoms with Crippen molar-refractivity contribution in [1.29, 1.82) is 0 Å². The van der Waals surface area contributed by atoms with Crippen molar-refractivity contribution < 1.29 is 9.59 Å². The SMILES string of the molecule is CN(Cc1ccccc1)C(=O)CNc1ccccc1C(N)=O. The predicted octanol–water partition coefficient (Wildman–Crippen LogP) is 1.86. The number of hydrogen-bond donors (Lipinski definition) is 2. The predicted molar refractivity (Wildman–Crippen MR) is 86.4 cm³/mol. The lowest BCUT2D eigenvalue weighted by molar-refractivity contribution is -0.128. The van der Waals surface area contributed by atoms with Crippen molar-refractivity contribution in [3.63, 3.8) is 0 Å². The number of primary amides is 1. The Bertz CT molecular complexity index is 656. The van der Waals surface area contributed by atoms with Crippen LogP contribution < -0.4 is 11.1 Å². The number of nitrogens with zero attached hydrogens (tertiary/aromatic N) is 1. The summed E-state index contributed by atoms with van der Waals surface area (Å²) in [7, 11) is 1.75. The second kappa shape index (κ2) is 7.26. The fraction of sp³-hybridized carbons (Fsp3) is 0.176. The molecule has 2 aromatic rings. The van der Waals surface area contributed by atoms with Gasteiger partial charge in [0.25, 0.3) is 5.91 Å². The Morgan fingerprint density at radius 1 is 1.05 bits per heavy atom. The summed E-state index contributed by atoms with van der Waals surface area (Å²) in [6.07, 6.45) is 0. The van der Waals surface area contributed by atoms with Crippen molar-refractivity contribution in [2.45, 2.75) is 6.54 Å². The molecule has 0 bridgehead atoms. The molecule has 3 N–H and O–H groups in total. The first-order valence-electron chi connectivity index (χ1n) is 6.98. The van der Waals surface area contributed by atoms with Crippen LogP contribution in [0.4, 0.5) is 5.69 Å². The summed E-state index contributed by atoms with van der Waals surface area (Å²) in [5.74, 6) is -0.587. The van der Waals surface area contributed by atoms with E-state index in [0.29, 0.717) is 17.8 Å². The number of anilines is 1. The molecule has 2 rings (SSSR count). The van der Waals surface area contributed by atoms with Gasteiger partial charge >= 0.3 is 0 Å². The molecule has 2 amide bonds. The summed E-state index contributed by atoms with van der Waals surface area (Å²) in [6.45, 7) is 0.645. The van der Waals surface area contributed by atoms with E-state index in [1.54, 1.807) is 36.2 Å². The van der Waals surface area contributed by atoms with Gasteiger partial charge in [-0.3, -0.25) is 9.59 Å². The normalized spacial score (nSPS) is 10.0. The van der Waals surface area contributed by atoms with Gasteiger partial charge in [0, 0.05) is 19.3 Å². The topological polar surface area (TPSA) is 75.4 Å². The Morgan fingerprint density at radius 3 is 2.36 bits per heavy atom. The lowest BCUT2D eigenvalue weighted by atomic mass is 10.1. The molecule has 0 unspecified atom stereocenters. The van der Waals surface area contributed by atoms with Crippen molar-refractivity contribution in [2.24, 2.45) is 5.73 Å². The molecule has 0 aliphatic carbocycles. The number of nitrogens with one attached hydrogen (secondary N) is 1. The number of likely N-dealkylation sites (N-methyl/N-ethyl adjacent to an activating group) is 1. The summed E-state index contributed by atoms with van der Waals surface area (Å²) in [6, 6.07) is 16.6. The summed E-state index contributed by atoms with van der Waals surface area (Å²) in [5, 5.41) is 2.97. The average Bonchev–Trinajstić information content (AvgIpc) is 2.53. The molecule has 0 aromatic heterocycles. The van der Waals surface area contributed by atoms with E-state index in [1.165, 1.54) is 0 Å². The average molecular weight is 297 g/mol. The van der Waals surface area contributed by atoms with Crippen LogP contribution in [-0.4, -0.2) is 30.3 Å². The fourth-order valence-corrected chi connectivity index (χ4v) is 2.10. The molecule has 0 aliphatic rings. The quantitative estimate of drug-likeness (QED) is 0.854. The Balaban J connectivity index is 1.94. The van der Waals surface area contributed by atoms with E-state index in [2.05, 4.69) is 5.32 Å². The molecule has 0 heterocycles. The molecular weight excluding hydrogens is 278 g/mol. The highest BCUT2D eigenvalue weighted by atomic mass is 16.2. The molecule has 0 radical (unpaired) electrons. The molecular formula is C17H19N3O2. The molecule has 0 aliphatic heterocycles. The maximum absolute atomic E-state index is 12.1. The van der Waals surface area contributed by atoms with Crippen molar-refractivity contribution in [3.8, 4) is 0 Å². The lowest BCUT2D eigenvalue weighted by Crippen LogP contribution is -2.32. The maximum Gasteiger partial charge on any atom is 0.250 e. The second-order valence-corrected chi connectivity index (χ2v) is 5.00. The largest absolute Gasteiger partial charge is 0.376 e. The highest BCUT2D eigenvalue weighted by molar-refractivity contribution is 5.98. The Hall–Kier alpha value is -2.82. The molecule has 114 valence electrons.